The van der Waals surface area contributed by atoms with Crippen LogP contribution in [0.15, 0.2) is 30.3 Å². The number of ether oxygens (including phenoxy) is 3. The number of phenols is 2. The van der Waals surface area contributed by atoms with Gasteiger partial charge >= 0.3 is 0 Å². The normalized spacial score (nSPS) is 16.4. The molecular weight excluding hydrogens is 300 g/mol. The number of benzene rings is 2. The predicted molar refractivity (Wildman–Crippen MR) is 81.9 cm³/mol. The minimum Gasteiger partial charge on any atom is -0.508 e. The van der Waals surface area contributed by atoms with E-state index in [1.807, 2.05) is 0 Å². The van der Waals surface area contributed by atoms with Gasteiger partial charge in [0.2, 0.25) is 5.75 Å². The number of carbonyl (C=O) groups is 1. The van der Waals surface area contributed by atoms with Crippen LogP contribution in [0.5, 0.6) is 28.7 Å². The maximum absolute atomic E-state index is 12.7. The fourth-order valence-electron chi connectivity index (χ4n) is 2.69. The number of hydrogen-bond donors (Lipinski definition) is 2. The first-order chi connectivity index (χ1) is 11.1. The smallest absolute Gasteiger partial charge is 0.203 e. The molecule has 0 saturated heterocycles. The molecule has 0 radical (unpaired) electrons. The highest BCUT2D eigenvalue weighted by Crippen LogP contribution is 2.45. The van der Waals surface area contributed by atoms with Crippen LogP contribution in [0.3, 0.4) is 0 Å². The van der Waals surface area contributed by atoms with E-state index in [2.05, 4.69) is 0 Å². The molecule has 2 N–H and O–H groups in total. The van der Waals surface area contributed by atoms with E-state index < -0.39 is 5.92 Å². The van der Waals surface area contributed by atoms with Gasteiger partial charge < -0.3 is 24.4 Å². The van der Waals surface area contributed by atoms with Gasteiger partial charge in [0.15, 0.2) is 17.3 Å². The Balaban J connectivity index is 2.02. The lowest BCUT2D eigenvalue weighted by atomic mass is 9.88. The number of Topliss-reactive ketones (excluding diaryl/α,β-unsaturated/α-hetero) is 1. The number of rotatable bonds is 3. The monoisotopic (exact) mass is 316 g/mol. The van der Waals surface area contributed by atoms with Crippen LogP contribution in [-0.4, -0.2) is 36.8 Å². The summed E-state index contributed by atoms with van der Waals surface area (Å²) in [6.45, 7) is 0.0472. The molecule has 0 saturated carbocycles. The van der Waals surface area contributed by atoms with Crippen molar-refractivity contribution in [3.63, 3.8) is 0 Å². The molecule has 6 heteroatoms. The lowest BCUT2D eigenvalue weighted by Gasteiger charge is -2.26. The van der Waals surface area contributed by atoms with Crippen molar-refractivity contribution in [3.8, 4) is 28.7 Å². The van der Waals surface area contributed by atoms with Crippen LogP contribution in [0.1, 0.15) is 21.8 Å². The van der Waals surface area contributed by atoms with E-state index in [0.717, 1.165) is 0 Å². The molecule has 2 aromatic carbocycles. The van der Waals surface area contributed by atoms with Crippen molar-refractivity contribution >= 4 is 5.78 Å². The Labute approximate surface area is 132 Å². The molecule has 0 amide bonds. The predicted octanol–water partition coefficient (Wildman–Crippen LogP) is 2.47. The average Bonchev–Trinajstić information content (AvgIpc) is 2.55. The van der Waals surface area contributed by atoms with E-state index in [-0.39, 0.29) is 35.4 Å². The second kappa shape index (κ2) is 5.72. The molecule has 0 fully saturated rings. The largest absolute Gasteiger partial charge is 0.508 e. The number of aromatic hydroxyl groups is 2. The van der Waals surface area contributed by atoms with E-state index >= 15 is 0 Å². The van der Waals surface area contributed by atoms with E-state index in [0.29, 0.717) is 16.9 Å². The molecule has 0 aliphatic carbocycles. The summed E-state index contributed by atoms with van der Waals surface area (Å²) in [5.41, 5.74) is 0.777. The molecule has 0 aromatic heterocycles. The van der Waals surface area contributed by atoms with Crippen LogP contribution in [0.4, 0.5) is 0 Å². The number of hydrogen-bond acceptors (Lipinski definition) is 6. The van der Waals surface area contributed by atoms with E-state index in [4.69, 9.17) is 14.2 Å². The summed E-state index contributed by atoms with van der Waals surface area (Å²) in [6.07, 6.45) is 0. The van der Waals surface area contributed by atoms with Gasteiger partial charge in [0, 0.05) is 11.6 Å². The van der Waals surface area contributed by atoms with E-state index in [1.165, 1.54) is 32.4 Å². The molecule has 3 rings (SSSR count). The van der Waals surface area contributed by atoms with Gasteiger partial charge in [-0.15, -0.1) is 0 Å². The van der Waals surface area contributed by atoms with E-state index in [9.17, 15) is 15.0 Å². The van der Waals surface area contributed by atoms with Gasteiger partial charge in [-0.1, -0.05) is 6.07 Å². The Kier molecular flexibility index (Phi) is 3.73. The third-order valence-electron chi connectivity index (χ3n) is 3.88. The van der Waals surface area contributed by atoms with Crippen molar-refractivity contribution in [3.05, 3.63) is 41.5 Å². The Morgan fingerprint density at radius 3 is 2.52 bits per heavy atom. The van der Waals surface area contributed by atoms with Gasteiger partial charge in [-0.25, -0.2) is 0 Å². The molecule has 2 aromatic rings. The van der Waals surface area contributed by atoms with Crippen molar-refractivity contribution in [2.24, 2.45) is 0 Å². The Morgan fingerprint density at radius 1 is 1.09 bits per heavy atom. The summed E-state index contributed by atoms with van der Waals surface area (Å²) < 4.78 is 15.8. The molecule has 0 bridgehead atoms. The summed E-state index contributed by atoms with van der Waals surface area (Å²) in [5.74, 6) is -0.101. The molecule has 1 atom stereocenters. The SMILES string of the molecule is COc1ccc(C2COc3c(ccc(O)c3OC)C2=O)c(O)c1. The van der Waals surface area contributed by atoms with Gasteiger partial charge in [0.05, 0.1) is 25.7 Å². The molecule has 1 aliphatic rings. The van der Waals surface area contributed by atoms with Crippen LogP contribution in [-0.2, 0) is 0 Å². The molecule has 1 heterocycles. The Bertz CT molecular complexity index is 768. The third kappa shape index (κ3) is 2.42. The summed E-state index contributed by atoms with van der Waals surface area (Å²) in [6, 6.07) is 7.64. The van der Waals surface area contributed by atoms with Crippen LogP contribution < -0.4 is 14.2 Å². The fraction of sp³-hybridized carbons (Fsp3) is 0.235. The van der Waals surface area contributed by atoms with Gasteiger partial charge in [0.1, 0.15) is 18.1 Å². The number of fused-ring (bicyclic) bond motifs is 1. The van der Waals surface area contributed by atoms with Gasteiger partial charge in [-0.3, -0.25) is 4.79 Å². The van der Waals surface area contributed by atoms with Crippen LogP contribution in [0, 0.1) is 0 Å². The second-order valence-corrected chi connectivity index (χ2v) is 5.15. The second-order valence-electron chi connectivity index (χ2n) is 5.15. The van der Waals surface area contributed by atoms with Crippen LogP contribution in [0.25, 0.3) is 0 Å². The van der Waals surface area contributed by atoms with Crippen LogP contribution in [0.2, 0.25) is 0 Å². The van der Waals surface area contributed by atoms with Gasteiger partial charge in [-0.2, -0.15) is 0 Å². The fourth-order valence-corrected chi connectivity index (χ4v) is 2.69. The van der Waals surface area contributed by atoms with Crippen molar-refractivity contribution in [1.29, 1.82) is 0 Å². The Hall–Kier alpha value is -2.89. The number of carbonyl (C=O) groups excluding carboxylic acids is 1. The van der Waals surface area contributed by atoms with Gasteiger partial charge in [-0.05, 0) is 18.2 Å². The molecule has 0 spiro atoms. The number of ketones is 1. The van der Waals surface area contributed by atoms with Crippen molar-refractivity contribution in [1.82, 2.24) is 0 Å². The Morgan fingerprint density at radius 2 is 1.87 bits per heavy atom. The molecule has 120 valence electrons. The molecule has 1 aliphatic heterocycles. The first-order valence-corrected chi connectivity index (χ1v) is 7.00. The summed E-state index contributed by atoms with van der Waals surface area (Å²) >= 11 is 0. The average molecular weight is 316 g/mol. The lowest BCUT2D eigenvalue weighted by Crippen LogP contribution is -2.26. The van der Waals surface area contributed by atoms with Crippen LogP contribution >= 0.6 is 0 Å². The summed E-state index contributed by atoms with van der Waals surface area (Å²) in [5, 5.41) is 19.9. The maximum Gasteiger partial charge on any atom is 0.203 e. The first-order valence-electron chi connectivity index (χ1n) is 7.00. The standard InChI is InChI=1S/C17H16O6/c1-21-9-3-4-10(14(19)7-9)12-8-23-16-11(15(12)20)5-6-13(18)17(16)22-2/h3-7,12,18-19H,8H2,1-2H3. The summed E-state index contributed by atoms with van der Waals surface area (Å²) in [4.78, 5) is 12.7. The quantitative estimate of drug-likeness (QED) is 0.905. The number of methoxy groups -OCH3 is 2. The van der Waals surface area contributed by atoms with E-state index in [1.54, 1.807) is 12.1 Å². The first kappa shape index (κ1) is 15.0. The molecule has 1 unspecified atom stereocenters. The van der Waals surface area contributed by atoms with Crippen molar-refractivity contribution in [2.75, 3.05) is 20.8 Å². The lowest BCUT2D eigenvalue weighted by molar-refractivity contribution is 0.0890. The minimum atomic E-state index is -0.636. The minimum absolute atomic E-state index is 0.0273. The van der Waals surface area contributed by atoms with Crippen molar-refractivity contribution < 1.29 is 29.2 Å². The molecule has 23 heavy (non-hydrogen) atoms. The molecule has 6 nitrogen and oxygen atoms in total. The zero-order valence-electron chi connectivity index (χ0n) is 12.7. The highest BCUT2D eigenvalue weighted by molar-refractivity contribution is 6.05. The zero-order valence-corrected chi connectivity index (χ0v) is 12.7. The zero-order chi connectivity index (χ0) is 16.6. The molecular formula is C17H16O6. The maximum atomic E-state index is 12.7. The highest BCUT2D eigenvalue weighted by atomic mass is 16.5. The third-order valence-corrected chi connectivity index (χ3v) is 3.88. The topological polar surface area (TPSA) is 85.2 Å². The summed E-state index contributed by atoms with van der Waals surface area (Å²) in [7, 11) is 2.89. The highest BCUT2D eigenvalue weighted by Gasteiger charge is 2.34. The van der Waals surface area contributed by atoms with Gasteiger partial charge in [0.25, 0.3) is 0 Å². The number of phenolic OH excluding ortho intramolecular Hbond substituents is 2. The van der Waals surface area contributed by atoms with Crippen molar-refractivity contribution in [2.45, 2.75) is 5.92 Å².